The second kappa shape index (κ2) is 6.78. The Balaban J connectivity index is 2.06. The third kappa shape index (κ3) is 3.86. The second-order valence-corrected chi connectivity index (χ2v) is 5.35. The fourth-order valence-electron chi connectivity index (χ4n) is 2.07. The number of esters is 1. The van der Waals surface area contributed by atoms with E-state index in [-0.39, 0.29) is 11.8 Å². The number of ether oxygens (including phenoxy) is 1. The molecule has 112 valence electrons. The van der Waals surface area contributed by atoms with Gasteiger partial charge in [0.2, 0.25) is 5.76 Å². The lowest BCUT2D eigenvalue weighted by molar-refractivity contribution is 0.0559. The minimum atomic E-state index is -0.467. The van der Waals surface area contributed by atoms with Gasteiger partial charge in [0.25, 0.3) is 0 Å². The summed E-state index contributed by atoms with van der Waals surface area (Å²) in [5, 5.41) is 0.722. The van der Waals surface area contributed by atoms with Gasteiger partial charge in [0.1, 0.15) is 5.76 Å². The molecule has 0 saturated heterocycles. The Bertz CT molecular complexity index is 623. The minimum absolute atomic E-state index is 0.0300. The Labute approximate surface area is 129 Å². The van der Waals surface area contributed by atoms with Crippen molar-refractivity contribution in [3.05, 3.63) is 58.5 Å². The highest BCUT2D eigenvalue weighted by Gasteiger charge is 2.18. The molecule has 0 aliphatic carbocycles. The number of halogens is 1. The Morgan fingerprint density at radius 1 is 1.38 bits per heavy atom. The first-order valence-corrected chi connectivity index (χ1v) is 7.01. The number of carbonyl (C=O) groups is 1. The Morgan fingerprint density at radius 3 is 2.81 bits per heavy atom. The van der Waals surface area contributed by atoms with Gasteiger partial charge in [-0.05, 0) is 43.8 Å². The minimum Gasteiger partial charge on any atom is -0.463 e. The summed E-state index contributed by atoms with van der Waals surface area (Å²) in [4.78, 5) is 13.5. The van der Waals surface area contributed by atoms with Gasteiger partial charge in [-0.25, -0.2) is 4.79 Å². The van der Waals surface area contributed by atoms with Crippen LogP contribution in [-0.4, -0.2) is 25.0 Å². The molecule has 5 heteroatoms. The van der Waals surface area contributed by atoms with Gasteiger partial charge in [-0.1, -0.05) is 23.7 Å². The number of furan rings is 1. The van der Waals surface area contributed by atoms with E-state index in [0.29, 0.717) is 0 Å². The van der Waals surface area contributed by atoms with Crippen LogP contribution in [0.1, 0.15) is 34.8 Å². The van der Waals surface area contributed by atoms with Crippen molar-refractivity contribution in [2.75, 3.05) is 14.2 Å². The predicted octanol–water partition coefficient (Wildman–Crippen LogP) is 3.91. The summed E-state index contributed by atoms with van der Waals surface area (Å²) in [6.07, 6.45) is 0. The van der Waals surface area contributed by atoms with Crippen LogP contribution < -0.4 is 0 Å². The van der Waals surface area contributed by atoms with Gasteiger partial charge >= 0.3 is 5.97 Å². The summed E-state index contributed by atoms with van der Waals surface area (Å²) in [6, 6.07) is 11.2. The Hall–Kier alpha value is -1.78. The van der Waals surface area contributed by atoms with E-state index in [2.05, 4.69) is 9.64 Å². The van der Waals surface area contributed by atoms with E-state index in [0.717, 1.165) is 22.9 Å². The van der Waals surface area contributed by atoms with Crippen molar-refractivity contribution in [1.29, 1.82) is 0 Å². The molecule has 1 heterocycles. The van der Waals surface area contributed by atoms with Crippen molar-refractivity contribution in [2.24, 2.45) is 0 Å². The third-order valence-corrected chi connectivity index (χ3v) is 3.64. The summed E-state index contributed by atoms with van der Waals surface area (Å²) >= 11 is 5.99. The van der Waals surface area contributed by atoms with E-state index in [1.807, 2.05) is 38.2 Å². The van der Waals surface area contributed by atoms with E-state index in [4.69, 9.17) is 16.0 Å². The van der Waals surface area contributed by atoms with Crippen LogP contribution in [-0.2, 0) is 11.3 Å². The average Bonchev–Trinajstić information content (AvgIpc) is 2.95. The molecular formula is C16H18ClNO3. The van der Waals surface area contributed by atoms with E-state index in [1.54, 1.807) is 12.1 Å². The highest BCUT2D eigenvalue weighted by Crippen LogP contribution is 2.23. The molecule has 1 unspecified atom stereocenters. The molecule has 2 aromatic rings. The average molecular weight is 308 g/mol. The number of benzene rings is 1. The molecule has 4 nitrogen and oxygen atoms in total. The first-order valence-electron chi connectivity index (χ1n) is 6.64. The van der Waals surface area contributed by atoms with Gasteiger partial charge in [-0.3, -0.25) is 4.90 Å². The van der Waals surface area contributed by atoms with E-state index in [1.165, 1.54) is 7.11 Å². The molecule has 0 saturated carbocycles. The normalized spacial score (nSPS) is 12.4. The van der Waals surface area contributed by atoms with E-state index in [9.17, 15) is 4.79 Å². The summed E-state index contributed by atoms with van der Waals surface area (Å²) in [5.41, 5.74) is 1.12. The van der Waals surface area contributed by atoms with Crippen molar-refractivity contribution in [3.63, 3.8) is 0 Å². The number of hydrogen-bond acceptors (Lipinski definition) is 4. The molecule has 21 heavy (non-hydrogen) atoms. The number of nitrogens with zero attached hydrogens (tertiary/aromatic N) is 1. The zero-order chi connectivity index (χ0) is 15.4. The molecule has 1 atom stereocenters. The SMILES string of the molecule is COC(=O)c1ccc(C(C)N(C)Cc2cccc(Cl)c2)o1. The van der Waals surface area contributed by atoms with Crippen LogP contribution in [0.3, 0.4) is 0 Å². The summed E-state index contributed by atoms with van der Waals surface area (Å²) < 4.78 is 10.2. The van der Waals surface area contributed by atoms with Gasteiger partial charge in [-0.15, -0.1) is 0 Å². The van der Waals surface area contributed by atoms with Crippen LogP contribution in [0.25, 0.3) is 0 Å². The van der Waals surface area contributed by atoms with E-state index < -0.39 is 5.97 Å². The fraction of sp³-hybridized carbons (Fsp3) is 0.312. The molecule has 0 radical (unpaired) electrons. The first-order chi connectivity index (χ1) is 10.0. The fourth-order valence-corrected chi connectivity index (χ4v) is 2.28. The zero-order valence-corrected chi connectivity index (χ0v) is 13.1. The third-order valence-electron chi connectivity index (χ3n) is 3.41. The summed E-state index contributed by atoms with van der Waals surface area (Å²) in [5.74, 6) is 0.473. The van der Waals surface area contributed by atoms with Gasteiger partial charge < -0.3 is 9.15 Å². The van der Waals surface area contributed by atoms with Gasteiger partial charge in [-0.2, -0.15) is 0 Å². The maximum Gasteiger partial charge on any atom is 0.373 e. The highest BCUT2D eigenvalue weighted by atomic mass is 35.5. The van der Waals surface area contributed by atoms with Crippen molar-refractivity contribution in [3.8, 4) is 0 Å². The van der Waals surface area contributed by atoms with Crippen molar-refractivity contribution in [1.82, 2.24) is 4.90 Å². The van der Waals surface area contributed by atoms with Crippen LogP contribution in [0.4, 0.5) is 0 Å². The van der Waals surface area contributed by atoms with Crippen LogP contribution in [0.15, 0.2) is 40.8 Å². The Kier molecular flexibility index (Phi) is 5.04. The molecule has 0 aliphatic rings. The molecule has 2 rings (SSSR count). The summed E-state index contributed by atoms with van der Waals surface area (Å²) in [7, 11) is 3.32. The van der Waals surface area contributed by atoms with Gasteiger partial charge in [0.15, 0.2) is 0 Å². The molecule has 0 fully saturated rings. The predicted molar refractivity (Wildman–Crippen MR) is 81.4 cm³/mol. The zero-order valence-electron chi connectivity index (χ0n) is 12.3. The number of methoxy groups -OCH3 is 1. The topological polar surface area (TPSA) is 42.7 Å². The van der Waals surface area contributed by atoms with Crippen molar-refractivity contribution in [2.45, 2.75) is 19.5 Å². The van der Waals surface area contributed by atoms with Crippen LogP contribution in [0, 0.1) is 0 Å². The molecule has 0 bridgehead atoms. The monoisotopic (exact) mass is 307 g/mol. The lowest BCUT2D eigenvalue weighted by atomic mass is 10.1. The molecule has 1 aromatic carbocycles. The number of hydrogen-bond donors (Lipinski definition) is 0. The van der Waals surface area contributed by atoms with Gasteiger partial charge in [0.05, 0.1) is 13.2 Å². The number of rotatable bonds is 5. The number of carbonyl (C=O) groups excluding carboxylic acids is 1. The maximum absolute atomic E-state index is 11.4. The largest absolute Gasteiger partial charge is 0.463 e. The quantitative estimate of drug-likeness (QED) is 0.785. The Morgan fingerprint density at radius 2 is 2.14 bits per heavy atom. The maximum atomic E-state index is 11.4. The second-order valence-electron chi connectivity index (χ2n) is 4.91. The molecule has 0 amide bonds. The van der Waals surface area contributed by atoms with Crippen LogP contribution >= 0.6 is 11.6 Å². The van der Waals surface area contributed by atoms with Crippen LogP contribution in [0.2, 0.25) is 5.02 Å². The van der Waals surface area contributed by atoms with E-state index >= 15 is 0 Å². The molecule has 0 aliphatic heterocycles. The van der Waals surface area contributed by atoms with Crippen LogP contribution in [0.5, 0.6) is 0 Å². The standard InChI is InChI=1S/C16H18ClNO3/c1-11(14-7-8-15(21-14)16(19)20-3)18(2)10-12-5-4-6-13(17)9-12/h4-9,11H,10H2,1-3H3. The van der Waals surface area contributed by atoms with Crippen molar-refractivity contribution < 1.29 is 13.9 Å². The smallest absolute Gasteiger partial charge is 0.373 e. The summed E-state index contributed by atoms with van der Waals surface area (Å²) in [6.45, 7) is 2.75. The molecule has 1 aromatic heterocycles. The highest BCUT2D eigenvalue weighted by molar-refractivity contribution is 6.30. The molecule has 0 spiro atoms. The first kappa shape index (κ1) is 15.6. The van der Waals surface area contributed by atoms with Crippen molar-refractivity contribution >= 4 is 17.6 Å². The lowest BCUT2D eigenvalue weighted by Crippen LogP contribution is -2.21. The molecular weight excluding hydrogens is 290 g/mol. The lowest BCUT2D eigenvalue weighted by Gasteiger charge is -2.23. The molecule has 0 N–H and O–H groups in total. The van der Waals surface area contributed by atoms with Gasteiger partial charge in [0, 0.05) is 11.6 Å².